The fourth-order valence-corrected chi connectivity index (χ4v) is 4.02. The van der Waals surface area contributed by atoms with Crippen molar-refractivity contribution in [2.75, 3.05) is 12.0 Å². The van der Waals surface area contributed by atoms with Gasteiger partial charge in [-0.1, -0.05) is 19.1 Å². The van der Waals surface area contributed by atoms with Crippen molar-refractivity contribution in [2.24, 2.45) is 11.0 Å². The van der Waals surface area contributed by atoms with Crippen molar-refractivity contribution in [3.8, 4) is 0 Å². The van der Waals surface area contributed by atoms with Gasteiger partial charge in [0, 0.05) is 6.42 Å². The van der Waals surface area contributed by atoms with Gasteiger partial charge >= 0.3 is 5.97 Å². The molecule has 0 radical (unpaired) electrons. The predicted molar refractivity (Wildman–Crippen MR) is 106 cm³/mol. The molecule has 2 amide bonds. The van der Waals surface area contributed by atoms with E-state index >= 15 is 0 Å². The molecular weight excluding hydrogens is 374 g/mol. The Balaban J connectivity index is 2.05. The van der Waals surface area contributed by atoms with Gasteiger partial charge in [0.1, 0.15) is 17.7 Å². The summed E-state index contributed by atoms with van der Waals surface area (Å²) in [5.74, 6) is -2.90. The second-order valence-corrected chi connectivity index (χ2v) is 7.97. The summed E-state index contributed by atoms with van der Waals surface area (Å²) >= 11 is 0. The van der Waals surface area contributed by atoms with Gasteiger partial charge in [-0.2, -0.15) is 5.10 Å². The first-order chi connectivity index (χ1) is 13.6. The summed E-state index contributed by atoms with van der Waals surface area (Å²) in [4.78, 5) is 51.7. The van der Waals surface area contributed by atoms with Crippen LogP contribution in [0.4, 0.5) is 5.69 Å². The summed E-state index contributed by atoms with van der Waals surface area (Å²) in [7, 11) is 1.20. The minimum Gasteiger partial charge on any atom is -0.464 e. The number of Topliss-reactive ketones (excluding diaryl/α,β-unsaturated/α-hetero) is 1. The van der Waals surface area contributed by atoms with Crippen molar-refractivity contribution in [3.63, 3.8) is 0 Å². The maximum absolute atomic E-state index is 13.3. The number of carbonyl (C=O) groups is 4. The molecule has 29 heavy (non-hydrogen) atoms. The number of nitrogens with zero attached hydrogens (tertiary/aromatic N) is 3. The average molecular weight is 399 g/mol. The molecule has 0 unspecified atom stereocenters. The lowest BCUT2D eigenvalue weighted by atomic mass is 9.92. The van der Waals surface area contributed by atoms with Gasteiger partial charge in [-0.15, -0.1) is 0 Å². The van der Waals surface area contributed by atoms with Crippen LogP contribution in [0.5, 0.6) is 0 Å². The van der Waals surface area contributed by atoms with E-state index < -0.39 is 35.3 Å². The average Bonchev–Trinajstić information content (AvgIpc) is 3.18. The molecule has 1 aromatic carbocycles. The number of fused-ring (bicyclic) bond motifs is 1. The summed E-state index contributed by atoms with van der Waals surface area (Å²) < 4.78 is 4.79. The number of anilines is 1. The van der Waals surface area contributed by atoms with Gasteiger partial charge in [0.2, 0.25) is 5.91 Å². The minimum absolute atomic E-state index is 0.0861. The Labute approximate surface area is 169 Å². The number of hydrogen-bond donors (Lipinski definition) is 0. The zero-order valence-electron chi connectivity index (χ0n) is 17.3. The van der Waals surface area contributed by atoms with Gasteiger partial charge in [0.05, 0.1) is 18.3 Å². The topological polar surface area (TPSA) is 96.3 Å². The number of aryl methyl sites for hydroxylation is 1. The Morgan fingerprint density at radius 3 is 2.28 bits per heavy atom. The number of esters is 1. The Bertz CT molecular complexity index is 903. The van der Waals surface area contributed by atoms with Crippen molar-refractivity contribution in [3.05, 3.63) is 29.8 Å². The number of benzene rings is 1. The van der Waals surface area contributed by atoms with Crippen molar-refractivity contribution in [1.82, 2.24) is 5.01 Å². The number of hydrazone groups is 1. The molecule has 0 aliphatic carbocycles. The first kappa shape index (κ1) is 20.7. The summed E-state index contributed by atoms with van der Waals surface area (Å²) in [6, 6.07) is 6.16. The lowest BCUT2D eigenvalue weighted by Crippen LogP contribution is -2.50. The third kappa shape index (κ3) is 3.43. The van der Waals surface area contributed by atoms with E-state index in [1.165, 1.54) is 19.0 Å². The van der Waals surface area contributed by atoms with Crippen LogP contribution in [0.25, 0.3) is 0 Å². The molecule has 8 nitrogen and oxygen atoms in total. The lowest BCUT2D eigenvalue weighted by molar-refractivity contribution is -0.133. The zero-order valence-corrected chi connectivity index (χ0v) is 17.3. The minimum atomic E-state index is -1.06. The SMILES string of the molecule is CCc1ccc(N2C(=O)[C@@H]3C(C(=O)OC)=NN(C(C)(C)CC(C)=O)[C@@H]3C2=O)cc1. The zero-order chi connectivity index (χ0) is 21.5. The van der Waals surface area contributed by atoms with Crippen LogP contribution in [0.3, 0.4) is 0 Å². The Hall–Kier alpha value is -3.03. The highest BCUT2D eigenvalue weighted by Gasteiger charge is 2.60. The third-order valence-electron chi connectivity index (χ3n) is 5.35. The number of methoxy groups -OCH3 is 1. The number of imide groups is 1. The predicted octanol–water partition coefficient (Wildman–Crippen LogP) is 1.71. The van der Waals surface area contributed by atoms with Crippen LogP contribution < -0.4 is 4.90 Å². The highest BCUT2D eigenvalue weighted by Crippen LogP contribution is 2.39. The van der Waals surface area contributed by atoms with Gasteiger partial charge in [0.25, 0.3) is 5.91 Å². The molecule has 0 bridgehead atoms. The fourth-order valence-electron chi connectivity index (χ4n) is 4.02. The molecule has 0 saturated carbocycles. The van der Waals surface area contributed by atoms with E-state index in [9.17, 15) is 19.2 Å². The van der Waals surface area contributed by atoms with E-state index in [4.69, 9.17) is 4.74 Å². The number of ether oxygens (including phenoxy) is 1. The maximum atomic E-state index is 13.3. The molecule has 2 heterocycles. The Kier molecular flexibility index (Phi) is 5.30. The Morgan fingerprint density at radius 1 is 1.14 bits per heavy atom. The van der Waals surface area contributed by atoms with E-state index in [0.717, 1.165) is 16.9 Å². The molecule has 154 valence electrons. The molecule has 1 fully saturated rings. The molecule has 2 atom stereocenters. The van der Waals surface area contributed by atoms with Crippen molar-refractivity contribution in [2.45, 2.75) is 52.1 Å². The van der Waals surface area contributed by atoms with Gasteiger partial charge < -0.3 is 4.74 Å². The summed E-state index contributed by atoms with van der Waals surface area (Å²) in [6.45, 7) is 6.97. The van der Waals surface area contributed by atoms with E-state index in [-0.39, 0.29) is 17.9 Å². The Morgan fingerprint density at radius 2 is 1.76 bits per heavy atom. The molecule has 1 aromatic rings. The van der Waals surface area contributed by atoms with Gasteiger partial charge in [-0.05, 0) is 44.9 Å². The van der Waals surface area contributed by atoms with Gasteiger partial charge in [-0.3, -0.25) is 19.4 Å². The molecule has 1 saturated heterocycles. The number of rotatable bonds is 6. The second-order valence-electron chi connectivity index (χ2n) is 7.97. The summed E-state index contributed by atoms with van der Waals surface area (Å²) in [6.07, 6.45) is 0.945. The van der Waals surface area contributed by atoms with Crippen molar-refractivity contribution in [1.29, 1.82) is 0 Å². The largest absolute Gasteiger partial charge is 0.464 e. The van der Waals surface area contributed by atoms with Crippen LogP contribution in [0.1, 0.15) is 39.7 Å². The molecule has 8 heteroatoms. The number of carbonyl (C=O) groups excluding carboxylic acids is 4. The van der Waals surface area contributed by atoms with E-state index in [1.54, 1.807) is 26.0 Å². The van der Waals surface area contributed by atoms with E-state index in [1.807, 2.05) is 19.1 Å². The quantitative estimate of drug-likeness (QED) is 0.534. The highest BCUT2D eigenvalue weighted by atomic mass is 16.5. The normalized spacial score (nSPS) is 21.3. The number of amides is 2. The van der Waals surface area contributed by atoms with Crippen LogP contribution >= 0.6 is 0 Å². The number of ketones is 1. The van der Waals surface area contributed by atoms with Gasteiger partial charge in [0.15, 0.2) is 5.71 Å². The molecule has 0 aromatic heterocycles. The maximum Gasteiger partial charge on any atom is 0.355 e. The summed E-state index contributed by atoms with van der Waals surface area (Å²) in [5.41, 5.74) is 0.553. The van der Waals surface area contributed by atoms with Crippen LogP contribution in [0.2, 0.25) is 0 Å². The standard InChI is InChI=1S/C21H25N3O5/c1-6-13-7-9-14(10-8-13)23-18(26)15-16(20(28)29-5)22-24(17(15)19(23)27)21(3,4)11-12(2)25/h7-10,15,17H,6,11H2,1-5H3/t15-,17+/m1/s1. The van der Waals surface area contributed by atoms with Crippen molar-refractivity contribution >= 4 is 35.0 Å². The fraction of sp³-hybridized carbons (Fsp3) is 0.476. The third-order valence-corrected chi connectivity index (χ3v) is 5.35. The van der Waals surface area contributed by atoms with Crippen LogP contribution in [-0.4, -0.2) is 53.0 Å². The molecule has 2 aliphatic rings. The van der Waals surface area contributed by atoms with Crippen LogP contribution in [0.15, 0.2) is 29.4 Å². The monoisotopic (exact) mass is 399 g/mol. The summed E-state index contributed by atoms with van der Waals surface area (Å²) in [5, 5.41) is 5.70. The molecule has 3 rings (SSSR count). The molecular formula is C21H25N3O5. The first-order valence-electron chi connectivity index (χ1n) is 9.54. The van der Waals surface area contributed by atoms with E-state index in [2.05, 4.69) is 5.10 Å². The molecule has 0 spiro atoms. The molecule has 2 aliphatic heterocycles. The highest BCUT2D eigenvalue weighted by molar-refractivity contribution is 6.46. The second kappa shape index (κ2) is 7.42. The molecule has 0 N–H and O–H groups in total. The van der Waals surface area contributed by atoms with Gasteiger partial charge in [-0.25, -0.2) is 9.69 Å². The number of hydrogen-bond acceptors (Lipinski definition) is 7. The smallest absolute Gasteiger partial charge is 0.355 e. The van der Waals surface area contributed by atoms with Crippen LogP contribution in [0, 0.1) is 5.92 Å². The lowest BCUT2D eigenvalue weighted by Gasteiger charge is -2.36. The van der Waals surface area contributed by atoms with Crippen LogP contribution in [-0.2, 0) is 30.3 Å². The first-order valence-corrected chi connectivity index (χ1v) is 9.54. The van der Waals surface area contributed by atoms with E-state index in [0.29, 0.717) is 5.69 Å². The van der Waals surface area contributed by atoms with Crippen molar-refractivity contribution < 1.29 is 23.9 Å².